The summed E-state index contributed by atoms with van der Waals surface area (Å²) in [7, 11) is 0. The summed E-state index contributed by atoms with van der Waals surface area (Å²) < 4.78 is 0. The lowest BCUT2D eigenvalue weighted by Gasteiger charge is -2.27. The molecule has 354 valence electrons. The van der Waals surface area contributed by atoms with E-state index in [1.54, 1.807) is 0 Å². The molecule has 6 heteroatoms. The minimum atomic E-state index is -1.29. The molecule has 5 N–H and O–H groups in total. The predicted molar refractivity (Wildman–Crippen MR) is 260 cm³/mol. The first-order valence-corrected chi connectivity index (χ1v) is 26.4. The Morgan fingerprint density at radius 1 is 0.400 bits per heavy atom. The molecule has 0 saturated heterocycles. The van der Waals surface area contributed by atoms with Gasteiger partial charge in [0.15, 0.2) is 0 Å². The molecular weight excluding hydrogens is 743 g/mol. The maximum Gasteiger partial charge on any atom is 0.249 e. The maximum absolute atomic E-state index is 12.5. The zero-order chi connectivity index (χ0) is 43.8. The molecule has 0 aromatic rings. The second-order valence-electron chi connectivity index (χ2n) is 18.2. The van der Waals surface area contributed by atoms with Crippen molar-refractivity contribution in [2.75, 3.05) is 6.61 Å². The molecule has 0 bridgehead atoms. The van der Waals surface area contributed by atoms with Crippen LogP contribution in [0.3, 0.4) is 0 Å². The van der Waals surface area contributed by atoms with E-state index in [0.29, 0.717) is 19.3 Å². The molecule has 0 aromatic carbocycles. The first kappa shape index (κ1) is 58.5. The molecule has 60 heavy (non-hydrogen) atoms. The van der Waals surface area contributed by atoms with Crippen molar-refractivity contribution >= 4 is 5.91 Å². The largest absolute Gasteiger partial charge is 0.394 e. The number of allylic oxidation sites excluding steroid dienone is 6. The number of aliphatic hydroxyl groups is 4. The minimum Gasteiger partial charge on any atom is -0.394 e. The summed E-state index contributed by atoms with van der Waals surface area (Å²) in [5, 5.41) is 43.8. The minimum absolute atomic E-state index is 0.346. The lowest BCUT2D eigenvalue weighted by molar-refractivity contribution is -0.132. The zero-order valence-electron chi connectivity index (χ0n) is 40.0. The standard InChI is InChI=1S/C54H103NO5/c1-3-5-7-9-11-13-15-17-19-21-22-23-24-25-26-27-28-29-30-32-33-35-37-39-41-43-45-47-51(57)53(59)50(49-56)55-54(60)52(58)48-46-44-42-40-38-36-34-31-20-18-16-14-12-10-8-6-4-2/h32-34,36,39,41,50-53,56-59H,3-31,35,37-38,40,42-49H2,1-2H3,(H,55,60)/b33-32+,36-34-,41-39+. The lowest BCUT2D eigenvalue weighted by Crippen LogP contribution is -2.53. The van der Waals surface area contributed by atoms with Gasteiger partial charge in [0, 0.05) is 0 Å². The first-order chi connectivity index (χ1) is 29.5. The van der Waals surface area contributed by atoms with E-state index in [0.717, 1.165) is 51.4 Å². The number of unbranched alkanes of at least 4 members (excludes halogenated alkanes) is 33. The molecule has 0 saturated carbocycles. The number of hydrogen-bond acceptors (Lipinski definition) is 5. The van der Waals surface area contributed by atoms with Crippen molar-refractivity contribution in [3.05, 3.63) is 36.5 Å². The van der Waals surface area contributed by atoms with Crippen molar-refractivity contribution in [3.8, 4) is 0 Å². The SMILES string of the molecule is CCCCCCCCCCC/C=C\CCCCCCC(O)C(=O)NC(CO)C(O)C(O)CCC/C=C/CC/C=C/CCCCCCCCCCCCCCCCCCCC. The third-order valence-electron chi connectivity index (χ3n) is 12.3. The number of hydrogen-bond donors (Lipinski definition) is 5. The second-order valence-corrected chi connectivity index (χ2v) is 18.2. The summed E-state index contributed by atoms with van der Waals surface area (Å²) >= 11 is 0. The fourth-order valence-corrected chi connectivity index (χ4v) is 8.12. The van der Waals surface area contributed by atoms with E-state index in [1.807, 2.05) is 0 Å². The van der Waals surface area contributed by atoms with Gasteiger partial charge in [-0.25, -0.2) is 0 Å². The Balaban J connectivity index is 3.72. The molecule has 0 aliphatic rings. The van der Waals surface area contributed by atoms with Crippen LogP contribution in [0.1, 0.15) is 271 Å². The van der Waals surface area contributed by atoms with Gasteiger partial charge in [0.2, 0.25) is 5.91 Å². The Morgan fingerprint density at radius 3 is 1.05 bits per heavy atom. The average molecular weight is 846 g/mol. The Hall–Kier alpha value is -1.47. The molecular formula is C54H103NO5. The van der Waals surface area contributed by atoms with Crippen molar-refractivity contribution in [1.82, 2.24) is 5.32 Å². The fraction of sp³-hybridized carbons (Fsp3) is 0.870. The monoisotopic (exact) mass is 846 g/mol. The Morgan fingerprint density at radius 2 is 0.700 bits per heavy atom. The maximum atomic E-state index is 12.5. The highest BCUT2D eigenvalue weighted by Gasteiger charge is 2.28. The summed E-state index contributed by atoms with van der Waals surface area (Å²) in [5.41, 5.74) is 0. The molecule has 0 spiro atoms. The van der Waals surface area contributed by atoms with Gasteiger partial charge >= 0.3 is 0 Å². The molecule has 4 unspecified atom stereocenters. The number of carbonyl (C=O) groups excluding carboxylic acids is 1. The molecule has 0 aromatic heterocycles. The van der Waals surface area contributed by atoms with Crippen LogP contribution in [0.2, 0.25) is 0 Å². The van der Waals surface area contributed by atoms with E-state index in [9.17, 15) is 25.2 Å². The van der Waals surface area contributed by atoms with E-state index < -0.39 is 36.9 Å². The van der Waals surface area contributed by atoms with Crippen LogP contribution in [0.4, 0.5) is 0 Å². The van der Waals surface area contributed by atoms with Crippen LogP contribution in [-0.2, 0) is 4.79 Å². The third kappa shape index (κ3) is 41.9. The van der Waals surface area contributed by atoms with Crippen molar-refractivity contribution in [1.29, 1.82) is 0 Å². The number of carbonyl (C=O) groups is 1. The summed E-state index contributed by atoms with van der Waals surface area (Å²) in [6.07, 6.45) is 59.2. The highest BCUT2D eigenvalue weighted by Crippen LogP contribution is 2.16. The van der Waals surface area contributed by atoms with Gasteiger partial charge in [0.25, 0.3) is 0 Å². The van der Waals surface area contributed by atoms with Crippen LogP contribution in [0.15, 0.2) is 36.5 Å². The molecule has 6 nitrogen and oxygen atoms in total. The summed E-state index contributed by atoms with van der Waals surface area (Å²) in [6.45, 7) is 4.05. The number of nitrogens with one attached hydrogen (secondary N) is 1. The highest BCUT2D eigenvalue weighted by molar-refractivity contribution is 5.80. The van der Waals surface area contributed by atoms with Gasteiger partial charge in [-0.2, -0.15) is 0 Å². The molecule has 0 rings (SSSR count). The number of aliphatic hydroxyl groups excluding tert-OH is 4. The zero-order valence-corrected chi connectivity index (χ0v) is 40.0. The number of rotatable bonds is 48. The van der Waals surface area contributed by atoms with Gasteiger partial charge in [0.1, 0.15) is 12.2 Å². The topological polar surface area (TPSA) is 110 Å². The Labute approximate surface area is 373 Å². The summed E-state index contributed by atoms with van der Waals surface area (Å²) in [4.78, 5) is 12.5. The van der Waals surface area contributed by atoms with Crippen molar-refractivity contribution in [2.45, 2.75) is 295 Å². The van der Waals surface area contributed by atoms with Gasteiger partial charge in [-0.3, -0.25) is 4.79 Å². The lowest BCUT2D eigenvalue weighted by atomic mass is 10.00. The summed E-state index contributed by atoms with van der Waals surface area (Å²) in [5.74, 6) is -0.605. The van der Waals surface area contributed by atoms with Crippen LogP contribution in [0.25, 0.3) is 0 Å². The normalized spacial score (nSPS) is 14.2. The Kier molecular flexibility index (Phi) is 47.4. The van der Waals surface area contributed by atoms with Crippen LogP contribution in [0, 0.1) is 0 Å². The second kappa shape index (κ2) is 48.6. The highest BCUT2D eigenvalue weighted by atomic mass is 16.3. The number of amides is 1. The van der Waals surface area contributed by atoms with Gasteiger partial charge in [-0.1, -0.05) is 230 Å². The van der Waals surface area contributed by atoms with Crippen molar-refractivity contribution < 1.29 is 25.2 Å². The van der Waals surface area contributed by atoms with Gasteiger partial charge in [0.05, 0.1) is 18.8 Å². The quantitative estimate of drug-likeness (QED) is 0.0309. The van der Waals surface area contributed by atoms with Crippen molar-refractivity contribution in [2.24, 2.45) is 0 Å². The van der Waals surface area contributed by atoms with Crippen LogP contribution >= 0.6 is 0 Å². The molecule has 1 amide bonds. The van der Waals surface area contributed by atoms with E-state index in [2.05, 4.69) is 55.6 Å². The Bertz CT molecular complexity index is 950. The smallest absolute Gasteiger partial charge is 0.249 e. The molecule has 4 atom stereocenters. The molecule has 0 aliphatic carbocycles. The first-order valence-electron chi connectivity index (χ1n) is 26.4. The van der Waals surface area contributed by atoms with Gasteiger partial charge in [-0.05, 0) is 77.0 Å². The van der Waals surface area contributed by atoms with Gasteiger partial charge in [-0.15, -0.1) is 0 Å². The average Bonchev–Trinajstić information content (AvgIpc) is 3.25. The summed E-state index contributed by atoms with van der Waals surface area (Å²) in [6, 6.07) is -1.01. The van der Waals surface area contributed by atoms with E-state index in [4.69, 9.17) is 0 Å². The van der Waals surface area contributed by atoms with Crippen molar-refractivity contribution in [3.63, 3.8) is 0 Å². The third-order valence-corrected chi connectivity index (χ3v) is 12.3. The van der Waals surface area contributed by atoms with E-state index in [-0.39, 0.29) is 0 Å². The molecule has 0 heterocycles. The molecule has 0 fully saturated rings. The fourth-order valence-electron chi connectivity index (χ4n) is 8.12. The predicted octanol–water partition coefficient (Wildman–Crippen LogP) is 14.9. The molecule has 0 aliphatic heterocycles. The van der Waals surface area contributed by atoms with Crippen LogP contribution in [0.5, 0.6) is 0 Å². The van der Waals surface area contributed by atoms with E-state index >= 15 is 0 Å². The molecule has 0 radical (unpaired) electrons. The van der Waals surface area contributed by atoms with Gasteiger partial charge < -0.3 is 25.7 Å². The van der Waals surface area contributed by atoms with E-state index in [1.165, 1.54) is 186 Å². The van der Waals surface area contributed by atoms with Crippen LogP contribution < -0.4 is 5.32 Å². The van der Waals surface area contributed by atoms with Crippen LogP contribution in [-0.4, -0.2) is 57.3 Å².